The van der Waals surface area contributed by atoms with Crippen LogP contribution in [0.15, 0.2) is 12.1 Å². The van der Waals surface area contributed by atoms with Crippen LogP contribution in [0.3, 0.4) is 0 Å². The number of benzene rings is 1. The smallest absolute Gasteiger partial charge is 0.161 e. The van der Waals surface area contributed by atoms with E-state index in [-0.39, 0.29) is 0 Å². The van der Waals surface area contributed by atoms with Crippen molar-refractivity contribution in [3.63, 3.8) is 0 Å². The summed E-state index contributed by atoms with van der Waals surface area (Å²) >= 11 is 0. The summed E-state index contributed by atoms with van der Waals surface area (Å²) < 4.78 is 25.9. The van der Waals surface area contributed by atoms with Crippen LogP contribution in [0.4, 0.5) is 8.78 Å². The van der Waals surface area contributed by atoms with Gasteiger partial charge in [-0.15, -0.1) is 0 Å². The maximum Gasteiger partial charge on any atom is 0.161 e. The molecule has 0 spiro atoms. The molecule has 1 nitrogen and oxygen atoms in total. The van der Waals surface area contributed by atoms with Crippen LogP contribution in [-0.4, -0.2) is 6.54 Å². The Morgan fingerprint density at radius 1 is 1.21 bits per heavy atom. The van der Waals surface area contributed by atoms with E-state index >= 15 is 0 Å². The minimum Gasteiger partial charge on any atom is -0.330 e. The first-order chi connectivity index (χ1) is 6.65. The molecule has 0 radical (unpaired) electrons. The van der Waals surface area contributed by atoms with Crippen LogP contribution in [0.2, 0.25) is 0 Å². The van der Waals surface area contributed by atoms with Gasteiger partial charge in [0.05, 0.1) is 0 Å². The highest BCUT2D eigenvalue weighted by molar-refractivity contribution is 5.25. The number of hydrogen-bond donors (Lipinski definition) is 1. The van der Waals surface area contributed by atoms with Gasteiger partial charge in [-0.25, -0.2) is 8.78 Å². The molecule has 0 amide bonds. The van der Waals surface area contributed by atoms with Gasteiger partial charge in [0, 0.05) is 0 Å². The Balaban J connectivity index is 2.69. The fourth-order valence-electron chi connectivity index (χ4n) is 1.42. The lowest BCUT2D eigenvalue weighted by Crippen LogP contribution is -2.00. The molecule has 1 rings (SSSR count). The van der Waals surface area contributed by atoms with E-state index in [1.54, 1.807) is 13.0 Å². The van der Waals surface area contributed by atoms with E-state index in [0.29, 0.717) is 12.1 Å². The van der Waals surface area contributed by atoms with Crippen LogP contribution < -0.4 is 5.73 Å². The normalized spacial score (nSPS) is 10.6. The van der Waals surface area contributed by atoms with Crippen molar-refractivity contribution in [3.05, 3.63) is 34.9 Å². The second-order valence-electron chi connectivity index (χ2n) is 3.45. The molecule has 0 aromatic heterocycles. The van der Waals surface area contributed by atoms with Gasteiger partial charge >= 0.3 is 0 Å². The maximum absolute atomic E-state index is 12.9. The second kappa shape index (κ2) is 5.05. The summed E-state index contributed by atoms with van der Waals surface area (Å²) in [6, 6.07) is 2.95. The lowest BCUT2D eigenvalue weighted by molar-refractivity contribution is 0.501. The highest BCUT2D eigenvalue weighted by Gasteiger charge is 2.06. The summed E-state index contributed by atoms with van der Waals surface area (Å²) in [5.41, 5.74) is 6.55. The first-order valence-corrected chi connectivity index (χ1v) is 4.79. The van der Waals surface area contributed by atoms with Gasteiger partial charge in [0.25, 0.3) is 0 Å². The molecule has 0 atom stereocenters. The highest BCUT2D eigenvalue weighted by atomic mass is 19.2. The number of halogens is 2. The third-order valence-electron chi connectivity index (χ3n) is 2.19. The van der Waals surface area contributed by atoms with Gasteiger partial charge in [0.2, 0.25) is 0 Å². The fourth-order valence-corrected chi connectivity index (χ4v) is 1.42. The van der Waals surface area contributed by atoms with Gasteiger partial charge in [-0.2, -0.15) is 0 Å². The van der Waals surface area contributed by atoms with Crippen molar-refractivity contribution in [1.29, 1.82) is 0 Å². The lowest BCUT2D eigenvalue weighted by Gasteiger charge is -2.04. The molecular weight excluding hydrogens is 184 g/mol. The zero-order chi connectivity index (χ0) is 10.6. The summed E-state index contributed by atoms with van der Waals surface area (Å²) in [6.45, 7) is 2.22. The zero-order valence-electron chi connectivity index (χ0n) is 8.32. The average molecular weight is 199 g/mol. The van der Waals surface area contributed by atoms with Crippen LogP contribution in [0.25, 0.3) is 0 Å². The van der Waals surface area contributed by atoms with E-state index in [1.165, 1.54) is 6.07 Å². The molecule has 1 aromatic rings. The Bertz CT molecular complexity index is 287. The van der Waals surface area contributed by atoms with E-state index in [4.69, 9.17) is 5.73 Å². The number of unbranched alkanes of at least 4 members (excludes halogenated alkanes) is 1. The van der Waals surface area contributed by atoms with E-state index in [2.05, 4.69) is 0 Å². The Morgan fingerprint density at radius 2 is 1.93 bits per heavy atom. The molecule has 78 valence electrons. The SMILES string of the molecule is Cc1cc(CCCCN)cc(F)c1F. The maximum atomic E-state index is 12.9. The van der Waals surface area contributed by atoms with Crippen molar-refractivity contribution in [2.45, 2.75) is 26.2 Å². The first kappa shape index (κ1) is 11.1. The molecule has 0 bridgehead atoms. The standard InChI is InChI=1S/C11H15F2N/c1-8-6-9(4-2-3-5-14)7-10(12)11(8)13/h6-7H,2-5,14H2,1H3. The van der Waals surface area contributed by atoms with Crippen LogP contribution in [0.1, 0.15) is 24.0 Å². The Hall–Kier alpha value is -0.960. The summed E-state index contributed by atoms with van der Waals surface area (Å²) in [5.74, 6) is -1.50. The molecule has 0 saturated carbocycles. The fraction of sp³-hybridized carbons (Fsp3) is 0.455. The Kier molecular flexibility index (Phi) is 4.01. The number of hydrogen-bond acceptors (Lipinski definition) is 1. The zero-order valence-corrected chi connectivity index (χ0v) is 8.32. The molecule has 0 aliphatic heterocycles. The van der Waals surface area contributed by atoms with Gasteiger partial charge in [-0.3, -0.25) is 0 Å². The van der Waals surface area contributed by atoms with E-state index in [0.717, 1.165) is 24.8 Å². The molecule has 0 aliphatic rings. The van der Waals surface area contributed by atoms with Crippen molar-refractivity contribution in [2.75, 3.05) is 6.54 Å². The number of aryl methyl sites for hydroxylation is 2. The van der Waals surface area contributed by atoms with E-state index in [1.807, 2.05) is 0 Å². The second-order valence-corrected chi connectivity index (χ2v) is 3.45. The quantitative estimate of drug-likeness (QED) is 0.741. The third kappa shape index (κ3) is 2.77. The summed E-state index contributed by atoms with van der Waals surface area (Å²) in [6.07, 6.45) is 2.59. The van der Waals surface area contributed by atoms with Gasteiger partial charge in [0.15, 0.2) is 11.6 Å². The summed E-state index contributed by atoms with van der Waals surface area (Å²) in [5, 5.41) is 0. The summed E-state index contributed by atoms with van der Waals surface area (Å²) in [7, 11) is 0. The predicted octanol–water partition coefficient (Wildman–Crippen LogP) is 2.55. The molecule has 0 aliphatic carbocycles. The van der Waals surface area contributed by atoms with Gasteiger partial charge in [-0.1, -0.05) is 6.07 Å². The van der Waals surface area contributed by atoms with Crippen LogP contribution in [-0.2, 0) is 6.42 Å². The number of rotatable bonds is 4. The minimum absolute atomic E-state index is 0.368. The van der Waals surface area contributed by atoms with Crippen molar-refractivity contribution in [2.24, 2.45) is 5.73 Å². The summed E-state index contributed by atoms with van der Waals surface area (Å²) in [4.78, 5) is 0. The average Bonchev–Trinajstić information content (AvgIpc) is 2.14. The predicted molar refractivity (Wildman–Crippen MR) is 53.1 cm³/mol. The Labute approximate surface area is 82.9 Å². The topological polar surface area (TPSA) is 26.0 Å². The van der Waals surface area contributed by atoms with E-state index in [9.17, 15) is 8.78 Å². The molecule has 14 heavy (non-hydrogen) atoms. The van der Waals surface area contributed by atoms with Crippen LogP contribution in [0.5, 0.6) is 0 Å². The van der Waals surface area contributed by atoms with Crippen molar-refractivity contribution < 1.29 is 8.78 Å². The van der Waals surface area contributed by atoms with Gasteiger partial charge in [0.1, 0.15) is 0 Å². The molecule has 0 unspecified atom stereocenters. The molecule has 2 N–H and O–H groups in total. The lowest BCUT2D eigenvalue weighted by atomic mass is 10.1. The molecule has 0 saturated heterocycles. The van der Waals surface area contributed by atoms with Gasteiger partial charge in [-0.05, 0) is 49.9 Å². The van der Waals surface area contributed by atoms with Crippen LogP contribution >= 0.6 is 0 Å². The van der Waals surface area contributed by atoms with Gasteiger partial charge < -0.3 is 5.73 Å². The molecule has 3 heteroatoms. The van der Waals surface area contributed by atoms with Crippen molar-refractivity contribution in [1.82, 2.24) is 0 Å². The molecule has 0 heterocycles. The molecule has 0 fully saturated rings. The Morgan fingerprint density at radius 3 is 2.50 bits per heavy atom. The largest absolute Gasteiger partial charge is 0.330 e. The monoisotopic (exact) mass is 199 g/mol. The first-order valence-electron chi connectivity index (χ1n) is 4.79. The number of nitrogens with two attached hydrogens (primary N) is 1. The van der Waals surface area contributed by atoms with E-state index < -0.39 is 11.6 Å². The third-order valence-corrected chi connectivity index (χ3v) is 2.19. The molecule has 1 aromatic carbocycles. The van der Waals surface area contributed by atoms with Crippen molar-refractivity contribution >= 4 is 0 Å². The van der Waals surface area contributed by atoms with Crippen LogP contribution in [0, 0.1) is 18.6 Å². The highest BCUT2D eigenvalue weighted by Crippen LogP contribution is 2.15. The minimum atomic E-state index is -0.757. The van der Waals surface area contributed by atoms with Crippen molar-refractivity contribution in [3.8, 4) is 0 Å². The molecular formula is C11H15F2N.